The summed E-state index contributed by atoms with van der Waals surface area (Å²) in [5.41, 5.74) is 8.66. The molecule has 0 aromatic carbocycles. The zero-order valence-corrected chi connectivity index (χ0v) is 15.7. The minimum Gasteiger partial charge on any atom is -0.305 e. The maximum Gasteiger partial charge on any atom is 0.0572 e. The third kappa shape index (κ3) is 7.15. The van der Waals surface area contributed by atoms with Crippen LogP contribution >= 0.6 is 0 Å². The Hall–Kier alpha value is -1.38. The van der Waals surface area contributed by atoms with Gasteiger partial charge in [0.2, 0.25) is 0 Å². The lowest BCUT2D eigenvalue weighted by Gasteiger charge is -2.32. The molecule has 1 aliphatic carbocycles. The lowest BCUT2D eigenvalue weighted by molar-refractivity contribution is 0.101. The average Bonchev–Trinajstić information content (AvgIpc) is 2.46. The van der Waals surface area contributed by atoms with Gasteiger partial charge in [-0.15, -0.1) is 0 Å². The summed E-state index contributed by atoms with van der Waals surface area (Å²) >= 11 is 0. The normalized spacial score (nSPS) is 20.1. The van der Waals surface area contributed by atoms with E-state index >= 15 is 0 Å². The number of hydrogen-bond donors (Lipinski definition) is 1. The molecular formula is C21H33NO. The fourth-order valence-corrected chi connectivity index (χ4v) is 2.99. The van der Waals surface area contributed by atoms with E-state index in [4.69, 9.17) is 4.84 Å². The molecular weight excluding hydrogens is 282 g/mol. The zero-order chi connectivity index (χ0) is 17.3. The molecule has 128 valence electrons. The van der Waals surface area contributed by atoms with Gasteiger partial charge in [-0.1, -0.05) is 67.0 Å². The van der Waals surface area contributed by atoms with Crippen molar-refractivity contribution >= 4 is 0 Å². The van der Waals surface area contributed by atoms with Crippen LogP contribution in [0.1, 0.15) is 53.9 Å². The number of hydrogen-bond acceptors (Lipinski definition) is 2. The molecule has 0 bridgehead atoms. The monoisotopic (exact) mass is 315 g/mol. The first-order valence-electron chi connectivity index (χ1n) is 8.52. The van der Waals surface area contributed by atoms with Gasteiger partial charge in [0, 0.05) is 6.54 Å². The van der Waals surface area contributed by atoms with Crippen LogP contribution in [0.2, 0.25) is 0 Å². The van der Waals surface area contributed by atoms with E-state index in [9.17, 15) is 0 Å². The molecule has 0 saturated carbocycles. The lowest BCUT2D eigenvalue weighted by Crippen LogP contribution is -2.19. The molecule has 23 heavy (non-hydrogen) atoms. The molecule has 0 radical (unpaired) electrons. The Morgan fingerprint density at radius 1 is 1.22 bits per heavy atom. The fraction of sp³-hybridized carbons (Fsp3) is 0.524. The predicted octanol–water partition coefficient (Wildman–Crippen LogP) is 5.67. The van der Waals surface area contributed by atoms with Crippen LogP contribution in [0.25, 0.3) is 0 Å². The summed E-state index contributed by atoms with van der Waals surface area (Å²) in [4.78, 5) is 4.81. The van der Waals surface area contributed by atoms with Gasteiger partial charge in [-0.3, -0.25) is 0 Å². The second-order valence-corrected chi connectivity index (χ2v) is 7.04. The van der Waals surface area contributed by atoms with Crippen molar-refractivity contribution in [3.8, 4) is 0 Å². The molecule has 0 amide bonds. The van der Waals surface area contributed by atoms with Crippen molar-refractivity contribution in [3.63, 3.8) is 0 Å². The maximum atomic E-state index is 4.81. The van der Waals surface area contributed by atoms with Crippen molar-refractivity contribution in [3.05, 3.63) is 58.7 Å². The van der Waals surface area contributed by atoms with Crippen molar-refractivity contribution in [2.45, 2.75) is 53.9 Å². The molecule has 0 unspecified atom stereocenters. The van der Waals surface area contributed by atoms with Crippen molar-refractivity contribution in [2.75, 3.05) is 13.7 Å². The molecule has 0 heterocycles. The van der Waals surface area contributed by atoms with Crippen LogP contribution < -0.4 is 5.48 Å². The lowest BCUT2D eigenvalue weighted by atomic mass is 9.72. The van der Waals surface area contributed by atoms with E-state index in [-0.39, 0.29) is 0 Å². The Morgan fingerprint density at radius 2 is 1.96 bits per heavy atom. The topological polar surface area (TPSA) is 21.3 Å². The highest BCUT2D eigenvalue weighted by molar-refractivity contribution is 5.37. The minimum absolute atomic E-state index is 0.308. The number of allylic oxidation sites excluding steroid dienone is 9. The van der Waals surface area contributed by atoms with Gasteiger partial charge in [0.05, 0.1) is 7.11 Å². The van der Waals surface area contributed by atoms with Gasteiger partial charge in [-0.2, -0.15) is 5.48 Å². The molecule has 2 nitrogen and oxygen atoms in total. The molecule has 2 heteroatoms. The molecule has 0 aliphatic heterocycles. The van der Waals surface area contributed by atoms with Crippen LogP contribution in [0.15, 0.2) is 58.7 Å². The third-order valence-electron chi connectivity index (χ3n) is 4.43. The predicted molar refractivity (Wildman–Crippen MR) is 101 cm³/mol. The van der Waals surface area contributed by atoms with Crippen LogP contribution in [-0.4, -0.2) is 13.7 Å². The van der Waals surface area contributed by atoms with Crippen molar-refractivity contribution in [1.29, 1.82) is 0 Å². The van der Waals surface area contributed by atoms with Gasteiger partial charge < -0.3 is 4.84 Å². The maximum absolute atomic E-state index is 4.81. The molecule has 0 fully saturated rings. The highest BCUT2D eigenvalue weighted by Crippen LogP contribution is 2.40. The van der Waals surface area contributed by atoms with Gasteiger partial charge in [-0.05, 0) is 51.0 Å². The van der Waals surface area contributed by atoms with Gasteiger partial charge in [-0.25, -0.2) is 0 Å². The second kappa shape index (κ2) is 9.69. The highest BCUT2D eigenvalue weighted by atomic mass is 16.6. The minimum atomic E-state index is 0.308. The van der Waals surface area contributed by atoms with Gasteiger partial charge in [0.15, 0.2) is 0 Å². The average molecular weight is 316 g/mol. The molecule has 0 saturated heterocycles. The van der Waals surface area contributed by atoms with E-state index in [1.165, 1.54) is 36.0 Å². The first-order valence-corrected chi connectivity index (χ1v) is 8.52. The van der Waals surface area contributed by atoms with E-state index in [2.05, 4.69) is 76.6 Å². The first-order chi connectivity index (χ1) is 10.9. The van der Waals surface area contributed by atoms with Crippen molar-refractivity contribution in [1.82, 2.24) is 5.48 Å². The Morgan fingerprint density at radius 3 is 2.61 bits per heavy atom. The summed E-state index contributed by atoms with van der Waals surface area (Å²) < 4.78 is 0. The van der Waals surface area contributed by atoms with E-state index in [0.29, 0.717) is 5.41 Å². The summed E-state index contributed by atoms with van der Waals surface area (Å²) in [7, 11) is 1.63. The van der Waals surface area contributed by atoms with E-state index in [0.717, 1.165) is 6.54 Å². The number of hydroxylamine groups is 1. The molecule has 1 N–H and O–H groups in total. The largest absolute Gasteiger partial charge is 0.305 e. The number of rotatable bonds is 7. The third-order valence-corrected chi connectivity index (χ3v) is 4.43. The standard InChI is InChI=1S/C21H33NO/c1-17(9-7-10-18(2)14-16-22-23-6)12-13-20-19(3)11-8-15-21(20,4)5/h7,9-10,12-14,22H,8,11,15-16H2,1-6H3. The first kappa shape index (κ1) is 19.7. The summed E-state index contributed by atoms with van der Waals surface area (Å²) in [5, 5.41) is 0. The van der Waals surface area contributed by atoms with Crippen LogP contribution in [0.4, 0.5) is 0 Å². The fourth-order valence-electron chi connectivity index (χ4n) is 2.99. The van der Waals surface area contributed by atoms with Gasteiger partial charge >= 0.3 is 0 Å². The summed E-state index contributed by atoms with van der Waals surface area (Å²) in [6, 6.07) is 0. The van der Waals surface area contributed by atoms with Crippen LogP contribution in [0.5, 0.6) is 0 Å². The zero-order valence-electron chi connectivity index (χ0n) is 15.7. The number of nitrogens with one attached hydrogen (secondary N) is 1. The second-order valence-electron chi connectivity index (χ2n) is 7.04. The van der Waals surface area contributed by atoms with E-state index < -0.39 is 0 Å². The Balaban J connectivity index is 2.67. The highest BCUT2D eigenvalue weighted by Gasteiger charge is 2.26. The van der Waals surface area contributed by atoms with Crippen LogP contribution in [-0.2, 0) is 4.84 Å². The molecule has 1 rings (SSSR count). The van der Waals surface area contributed by atoms with Gasteiger partial charge in [0.1, 0.15) is 0 Å². The van der Waals surface area contributed by atoms with Gasteiger partial charge in [0.25, 0.3) is 0 Å². The smallest absolute Gasteiger partial charge is 0.0572 e. The molecule has 1 aliphatic rings. The van der Waals surface area contributed by atoms with E-state index in [1.54, 1.807) is 12.7 Å². The molecule has 0 aromatic rings. The van der Waals surface area contributed by atoms with Crippen molar-refractivity contribution < 1.29 is 4.84 Å². The Kier molecular flexibility index (Phi) is 8.29. The molecule has 0 spiro atoms. The molecule has 0 atom stereocenters. The summed E-state index contributed by atoms with van der Waals surface area (Å²) in [6.07, 6.45) is 16.9. The van der Waals surface area contributed by atoms with Crippen LogP contribution in [0, 0.1) is 5.41 Å². The summed E-state index contributed by atoms with van der Waals surface area (Å²) in [5.74, 6) is 0. The van der Waals surface area contributed by atoms with Crippen LogP contribution in [0.3, 0.4) is 0 Å². The Labute approximate surface area is 142 Å². The van der Waals surface area contributed by atoms with Crippen molar-refractivity contribution in [2.24, 2.45) is 5.41 Å². The van der Waals surface area contributed by atoms with E-state index in [1.807, 2.05) is 0 Å². The quantitative estimate of drug-likeness (QED) is 0.371. The SMILES string of the molecule is CONCC=C(C)C=CC=C(C)C=CC1=C(C)CCCC1(C)C. The Bertz CT molecular complexity index is 530. The molecule has 0 aromatic heterocycles. The summed E-state index contributed by atoms with van der Waals surface area (Å²) in [6.45, 7) is 12.0.